The van der Waals surface area contributed by atoms with Gasteiger partial charge in [0.05, 0.1) is 11.5 Å². The van der Waals surface area contributed by atoms with Crippen molar-refractivity contribution in [1.82, 2.24) is 10.6 Å². The number of rotatable bonds is 11. The van der Waals surface area contributed by atoms with Crippen LogP contribution in [-0.4, -0.2) is 37.2 Å². The number of aliphatic imine (C=N–C) groups is 1. The number of hydrogen-bond acceptors (Lipinski definition) is 4. The van der Waals surface area contributed by atoms with Gasteiger partial charge in [0.1, 0.15) is 0 Å². The average molecular weight is 336 g/mol. The van der Waals surface area contributed by atoms with Gasteiger partial charge in [0.25, 0.3) is 5.69 Å². The van der Waals surface area contributed by atoms with E-state index in [2.05, 4.69) is 22.5 Å². The van der Waals surface area contributed by atoms with E-state index in [0.29, 0.717) is 6.54 Å². The Balaban J connectivity index is 2.37. The van der Waals surface area contributed by atoms with Crippen molar-refractivity contribution in [2.24, 2.45) is 4.99 Å². The molecule has 7 heteroatoms. The predicted molar refractivity (Wildman–Crippen MR) is 96.3 cm³/mol. The molecular weight excluding hydrogens is 308 g/mol. The Morgan fingerprint density at radius 3 is 2.50 bits per heavy atom. The van der Waals surface area contributed by atoms with Gasteiger partial charge in [0.2, 0.25) is 0 Å². The zero-order valence-electron chi connectivity index (χ0n) is 14.6. The van der Waals surface area contributed by atoms with Crippen molar-refractivity contribution in [2.45, 2.75) is 39.7 Å². The first-order valence-corrected chi connectivity index (χ1v) is 8.50. The normalized spacial score (nSPS) is 11.3. The Morgan fingerprint density at radius 2 is 1.88 bits per heavy atom. The molecule has 0 aliphatic rings. The number of nitro groups is 1. The van der Waals surface area contributed by atoms with E-state index in [1.165, 1.54) is 12.1 Å². The fourth-order valence-corrected chi connectivity index (χ4v) is 1.96. The molecule has 0 bridgehead atoms. The summed E-state index contributed by atoms with van der Waals surface area (Å²) in [6.45, 7) is 7.77. The van der Waals surface area contributed by atoms with Gasteiger partial charge in [0, 0.05) is 38.4 Å². The van der Waals surface area contributed by atoms with Gasteiger partial charge >= 0.3 is 0 Å². The van der Waals surface area contributed by atoms with Crippen molar-refractivity contribution in [1.29, 1.82) is 0 Å². The van der Waals surface area contributed by atoms with Crippen LogP contribution in [0.4, 0.5) is 5.69 Å². The molecule has 7 nitrogen and oxygen atoms in total. The summed E-state index contributed by atoms with van der Waals surface area (Å²) in [4.78, 5) is 14.7. The van der Waals surface area contributed by atoms with E-state index in [0.717, 1.165) is 57.1 Å². The minimum absolute atomic E-state index is 0.0934. The zero-order valence-corrected chi connectivity index (χ0v) is 14.6. The van der Waals surface area contributed by atoms with Crippen molar-refractivity contribution >= 4 is 11.6 Å². The molecule has 2 N–H and O–H groups in total. The summed E-state index contributed by atoms with van der Waals surface area (Å²) in [5, 5.41) is 17.1. The number of benzene rings is 1. The monoisotopic (exact) mass is 336 g/mol. The number of nitrogens with one attached hydrogen (secondary N) is 2. The van der Waals surface area contributed by atoms with E-state index in [-0.39, 0.29) is 5.69 Å². The van der Waals surface area contributed by atoms with Crippen molar-refractivity contribution in [3.05, 3.63) is 39.9 Å². The van der Waals surface area contributed by atoms with Crippen LogP contribution in [0.15, 0.2) is 29.3 Å². The molecule has 1 aromatic carbocycles. The fourth-order valence-electron chi connectivity index (χ4n) is 1.96. The Hall–Kier alpha value is -2.15. The first-order valence-electron chi connectivity index (χ1n) is 8.50. The van der Waals surface area contributed by atoms with Crippen LogP contribution in [0, 0.1) is 10.1 Å². The lowest BCUT2D eigenvalue weighted by atomic mass is 10.2. The highest BCUT2D eigenvalue weighted by Crippen LogP contribution is 2.12. The first-order chi connectivity index (χ1) is 11.7. The van der Waals surface area contributed by atoms with E-state index in [1.54, 1.807) is 12.1 Å². The second-order valence-corrected chi connectivity index (χ2v) is 5.36. The SMILES string of the molecule is CCCCOCCCNC(=NCc1ccc([N+](=O)[O-])cc1)NCC. The van der Waals surface area contributed by atoms with Crippen LogP contribution in [0.5, 0.6) is 0 Å². The van der Waals surface area contributed by atoms with Crippen LogP contribution in [0.2, 0.25) is 0 Å². The molecular formula is C17H28N4O3. The lowest BCUT2D eigenvalue weighted by Crippen LogP contribution is -2.38. The van der Waals surface area contributed by atoms with Crippen LogP contribution in [-0.2, 0) is 11.3 Å². The number of nitrogens with zero attached hydrogens (tertiary/aromatic N) is 2. The molecule has 24 heavy (non-hydrogen) atoms. The number of non-ortho nitro benzene ring substituents is 1. The molecule has 0 aliphatic heterocycles. The molecule has 1 aromatic rings. The predicted octanol–water partition coefficient (Wildman–Crippen LogP) is 2.86. The quantitative estimate of drug-likeness (QED) is 0.213. The minimum atomic E-state index is -0.402. The molecule has 0 fully saturated rings. The smallest absolute Gasteiger partial charge is 0.269 e. The fraction of sp³-hybridized carbons (Fsp3) is 0.588. The summed E-state index contributed by atoms with van der Waals surface area (Å²) in [5.74, 6) is 0.740. The third kappa shape index (κ3) is 8.47. The maximum atomic E-state index is 10.6. The van der Waals surface area contributed by atoms with Gasteiger partial charge in [-0.05, 0) is 25.3 Å². The Morgan fingerprint density at radius 1 is 1.17 bits per heavy atom. The van der Waals surface area contributed by atoms with Gasteiger partial charge in [0.15, 0.2) is 5.96 Å². The molecule has 0 unspecified atom stereocenters. The second-order valence-electron chi connectivity index (χ2n) is 5.36. The van der Waals surface area contributed by atoms with E-state index >= 15 is 0 Å². The Bertz CT molecular complexity index is 503. The molecule has 0 spiro atoms. The van der Waals surface area contributed by atoms with Crippen LogP contribution in [0.25, 0.3) is 0 Å². The molecule has 0 aliphatic carbocycles. The van der Waals surface area contributed by atoms with E-state index in [1.807, 2.05) is 6.92 Å². The van der Waals surface area contributed by atoms with E-state index in [9.17, 15) is 10.1 Å². The highest BCUT2D eigenvalue weighted by atomic mass is 16.6. The maximum absolute atomic E-state index is 10.6. The van der Waals surface area contributed by atoms with E-state index in [4.69, 9.17) is 4.74 Å². The lowest BCUT2D eigenvalue weighted by molar-refractivity contribution is -0.384. The first kappa shape index (κ1) is 19.9. The van der Waals surface area contributed by atoms with Crippen LogP contribution >= 0.6 is 0 Å². The summed E-state index contributed by atoms with van der Waals surface area (Å²) in [5.41, 5.74) is 1.02. The molecule has 0 saturated heterocycles. The molecule has 0 atom stereocenters. The Labute approximate surface area is 143 Å². The van der Waals surface area contributed by atoms with Gasteiger partial charge in [-0.25, -0.2) is 4.99 Å². The third-order valence-corrected chi connectivity index (χ3v) is 3.31. The van der Waals surface area contributed by atoms with Gasteiger partial charge in [-0.1, -0.05) is 25.5 Å². The highest BCUT2D eigenvalue weighted by molar-refractivity contribution is 5.79. The standard InChI is InChI=1S/C17H28N4O3/c1-3-5-12-24-13-6-11-19-17(18-4-2)20-14-15-7-9-16(10-8-15)21(22)23/h7-10H,3-6,11-14H2,1-2H3,(H2,18,19,20). The van der Waals surface area contributed by atoms with Gasteiger partial charge in [-0.3, -0.25) is 10.1 Å². The summed E-state index contributed by atoms with van der Waals surface area (Å²) >= 11 is 0. The van der Waals surface area contributed by atoms with Crippen LogP contribution < -0.4 is 10.6 Å². The summed E-state index contributed by atoms with van der Waals surface area (Å²) in [6, 6.07) is 6.46. The summed E-state index contributed by atoms with van der Waals surface area (Å²) in [7, 11) is 0. The topological polar surface area (TPSA) is 88.8 Å². The lowest BCUT2D eigenvalue weighted by Gasteiger charge is -2.11. The van der Waals surface area contributed by atoms with Gasteiger partial charge in [-0.2, -0.15) is 0 Å². The number of hydrogen-bond donors (Lipinski definition) is 2. The minimum Gasteiger partial charge on any atom is -0.381 e. The third-order valence-electron chi connectivity index (χ3n) is 3.31. The maximum Gasteiger partial charge on any atom is 0.269 e. The van der Waals surface area contributed by atoms with Crippen molar-refractivity contribution < 1.29 is 9.66 Å². The molecule has 0 aromatic heterocycles. The molecule has 0 amide bonds. The summed E-state index contributed by atoms with van der Waals surface area (Å²) < 4.78 is 5.52. The number of ether oxygens (including phenoxy) is 1. The molecule has 1 rings (SSSR count). The van der Waals surface area contributed by atoms with E-state index < -0.39 is 4.92 Å². The van der Waals surface area contributed by atoms with Crippen molar-refractivity contribution in [3.63, 3.8) is 0 Å². The van der Waals surface area contributed by atoms with Crippen LogP contribution in [0.3, 0.4) is 0 Å². The van der Waals surface area contributed by atoms with Gasteiger partial charge < -0.3 is 15.4 Å². The zero-order chi connectivity index (χ0) is 17.6. The molecule has 0 saturated carbocycles. The average Bonchev–Trinajstić information content (AvgIpc) is 2.59. The molecule has 134 valence electrons. The van der Waals surface area contributed by atoms with Crippen LogP contribution in [0.1, 0.15) is 38.7 Å². The molecule has 0 heterocycles. The summed E-state index contributed by atoms with van der Waals surface area (Å²) in [6.07, 6.45) is 3.18. The number of unbranched alkanes of at least 4 members (excludes halogenated alkanes) is 1. The Kier molecular flexibility index (Phi) is 10.2. The number of nitro benzene ring substituents is 1. The highest BCUT2D eigenvalue weighted by Gasteiger charge is 2.04. The number of guanidine groups is 1. The second kappa shape index (κ2) is 12.3. The van der Waals surface area contributed by atoms with Gasteiger partial charge in [-0.15, -0.1) is 0 Å². The van der Waals surface area contributed by atoms with Crippen molar-refractivity contribution in [2.75, 3.05) is 26.3 Å². The molecule has 0 radical (unpaired) electrons. The van der Waals surface area contributed by atoms with Crippen molar-refractivity contribution in [3.8, 4) is 0 Å². The largest absolute Gasteiger partial charge is 0.381 e.